The molecule has 10 heteroatoms. The van der Waals surface area contributed by atoms with E-state index in [0.717, 1.165) is 18.5 Å². The van der Waals surface area contributed by atoms with Crippen LogP contribution in [0.2, 0.25) is 0 Å². The van der Waals surface area contributed by atoms with Crippen molar-refractivity contribution in [1.29, 1.82) is 0 Å². The van der Waals surface area contributed by atoms with Gasteiger partial charge in [0.05, 0.1) is 24.9 Å². The minimum Gasteiger partial charge on any atom is -0.351 e. The molecule has 5 rings (SSSR count). The van der Waals surface area contributed by atoms with Crippen LogP contribution in [0, 0.1) is 0 Å². The molecule has 2 amide bonds. The lowest BCUT2D eigenvalue weighted by atomic mass is 10.1. The average Bonchev–Trinajstić information content (AvgIpc) is 3.37. The third-order valence-electron chi connectivity index (χ3n) is 4.99. The van der Waals surface area contributed by atoms with Crippen molar-refractivity contribution in [2.75, 3.05) is 17.3 Å². The number of carbonyl (C=O) groups is 2. The molecule has 0 atom stereocenters. The van der Waals surface area contributed by atoms with Gasteiger partial charge in [-0.3, -0.25) is 19.9 Å². The number of nitrogens with zero attached hydrogens (tertiary/aromatic N) is 6. The molecule has 0 spiro atoms. The zero-order chi connectivity index (χ0) is 20.7. The van der Waals surface area contributed by atoms with Gasteiger partial charge in [0.1, 0.15) is 0 Å². The Morgan fingerprint density at radius 1 is 1.30 bits per heavy atom. The second-order valence-corrected chi connectivity index (χ2v) is 7.50. The molecule has 2 N–H and O–H groups in total. The number of anilines is 2. The molecule has 1 saturated heterocycles. The van der Waals surface area contributed by atoms with Crippen LogP contribution < -0.4 is 15.5 Å². The number of imide groups is 1. The first-order valence-electron chi connectivity index (χ1n) is 9.75. The van der Waals surface area contributed by atoms with Crippen molar-refractivity contribution < 1.29 is 9.59 Å². The fourth-order valence-electron chi connectivity index (χ4n) is 3.27. The Bertz CT molecular complexity index is 1170. The van der Waals surface area contributed by atoms with Crippen LogP contribution in [0.1, 0.15) is 30.5 Å². The molecule has 3 aromatic rings. The minimum absolute atomic E-state index is 0.0564. The smallest absolute Gasteiger partial charge is 0.254 e. The summed E-state index contributed by atoms with van der Waals surface area (Å²) in [6, 6.07) is 6.14. The SMILES string of the molecule is CN(Cc1ccccn1)c1nc(NC2CC2)n2ncc(/C=C3\CC(=O)NC3=O)c2n1. The fourth-order valence-corrected chi connectivity index (χ4v) is 3.27. The quantitative estimate of drug-likeness (QED) is 0.464. The first-order chi connectivity index (χ1) is 14.6. The van der Waals surface area contributed by atoms with Crippen LogP contribution >= 0.6 is 0 Å². The van der Waals surface area contributed by atoms with Gasteiger partial charge in [-0.15, -0.1) is 0 Å². The number of fused-ring (bicyclic) bond motifs is 1. The maximum absolute atomic E-state index is 12.0. The normalized spacial score (nSPS) is 17.6. The highest BCUT2D eigenvalue weighted by atomic mass is 16.2. The molecule has 4 heterocycles. The molecule has 0 unspecified atom stereocenters. The van der Waals surface area contributed by atoms with E-state index in [1.807, 2.05) is 30.1 Å². The fraction of sp³-hybridized carbons (Fsp3) is 0.300. The summed E-state index contributed by atoms with van der Waals surface area (Å²) in [6.45, 7) is 0.543. The molecule has 2 aliphatic rings. The van der Waals surface area contributed by atoms with Gasteiger partial charge in [0.15, 0.2) is 5.65 Å². The van der Waals surface area contributed by atoms with Gasteiger partial charge >= 0.3 is 0 Å². The summed E-state index contributed by atoms with van der Waals surface area (Å²) in [7, 11) is 1.90. The number of carbonyl (C=O) groups excluding carboxylic acids is 2. The van der Waals surface area contributed by atoms with Crippen LogP contribution in [0.25, 0.3) is 11.7 Å². The molecule has 0 bridgehead atoms. The third kappa shape index (κ3) is 3.59. The van der Waals surface area contributed by atoms with E-state index in [9.17, 15) is 9.59 Å². The highest BCUT2D eigenvalue weighted by Gasteiger charge is 2.26. The number of pyridine rings is 1. The van der Waals surface area contributed by atoms with Crippen molar-refractivity contribution in [3.63, 3.8) is 0 Å². The Hall–Kier alpha value is -3.82. The molecule has 10 nitrogen and oxygen atoms in total. The van der Waals surface area contributed by atoms with Crippen LogP contribution in [-0.4, -0.2) is 49.5 Å². The summed E-state index contributed by atoms with van der Waals surface area (Å²) in [5, 5.41) is 10.1. The lowest BCUT2D eigenvalue weighted by molar-refractivity contribution is -0.124. The molecule has 2 fully saturated rings. The topological polar surface area (TPSA) is 117 Å². The molecule has 1 aliphatic heterocycles. The van der Waals surface area contributed by atoms with E-state index in [-0.39, 0.29) is 18.2 Å². The number of aromatic nitrogens is 5. The summed E-state index contributed by atoms with van der Waals surface area (Å²) in [5.74, 6) is 0.437. The maximum atomic E-state index is 12.0. The van der Waals surface area contributed by atoms with Crippen LogP contribution in [-0.2, 0) is 16.1 Å². The Balaban J connectivity index is 1.55. The molecule has 3 aromatic heterocycles. The lowest BCUT2D eigenvalue weighted by Crippen LogP contribution is -2.22. The van der Waals surface area contributed by atoms with Crippen molar-refractivity contribution in [2.45, 2.75) is 31.8 Å². The summed E-state index contributed by atoms with van der Waals surface area (Å²) in [6.07, 6.45) is 7.28. The second kappa shape index (κ2) is 7.21. The summed E-state index contributed by atoms with van der Waals surface area (Å²) in [5.41, 5.74) is 2.52. The third-order valence-corrected chi connectivity index (χ3v) is 4.99. The standard InChI is InChI=1S/C20H20N8O2/c1-27(11-15-4-2-3-7-21-15)19-25-17-13(8-12-9-16(29)24-18(12)30)10-22-28(17)20(26-19)23-14-5-6-14/h2-4,7-8,10,14H,5-6,9,11H2,1H3,(H,23,25,26)(H,24,29,30)/b12-8+. The van der Waals surface area contributed by atoms with Crippen molar-refractivity contribution in [1.82, 2.24) is 29.9 Å². The van der Waals surface area contributed by atoms with Crippen molar-refractivity contribution in [3.8, 4) is 0 Å². The molecule has 1 aliphatic carbocycles. The highest BCUT2D eigenvalue weighted by molar-refractivity contribution is 6.15. The number of rotatable bonds is 6. The molecule has 0 aromatic carbocycles. The van der Waals surface area contributed by atoms with E-state index in [1.54, 1.807) is 23.0 Å². The van der Waals surface area contributed by atoms with E-state index >= 15 is 0 Å². The zero-order valence-corrected chi connectivity index (χ0v) is 16.4. The van der Waals surface area contributed by atoms with Gasteiger partial charge < -0.3 is 10.2 Å². The largest absolute Gasteiger partial charge is 0.351 e. The van der Waals surface area contributed by atoms with Gasteiger partial charge in [0, 0.05) is 30.4 Å². The summed E-state index contributed by atoms with van der Waals surface area (Å²) < 4.78 is 1.64. The predicted molar refractivity (Wildman–Crippen MR) is 110 cm³/mol. The van der Waals surface area contributed by atoms with Crippen molar-refractivity contribution in [3.05, 3.63) is 47.4 Å². The Morgan fingerprint density at radius 2 is 2.17 bits per heavy atom. The summed E-state index contributed by atoms with van der Waals surface area (Å²) >= 11 is 0. The Morgan fingerprint density at radius 3 is 2.87 bits per heavy atom. The molecule has 152 valence electrons. The van der Waals surface area contributed by atoms with Crippen molar-refractivity contribution >= 4 is 35.4 Å². The van der Waals surface area contributed by atoms with Gasteiger partial charge in [-0.1, -0.05) is 6.07 Å². The molecular weight excluding hydrogens is 384 g/mol. The lowest BCUT2D eigenvalue weighted by Gasteiger charge is -2.18. The minimum atomic E-state index is -0.378. The van der Waals surface area contributed by atoms with Crippen LogP contribution in [0.4, 0.5) is 11.9 Å². The van der Waals surface area contributed by atoms with E-state index in [2.05, 4.69) is 25.7 Å². The predicted octanol–water partition coefficient (Wildman–Crippen LogP) is 1.16. The molecule has 0 radical (unpaired) electrons. The first-order valence-corrected chi connectivity index (χ1v) is 9.75. The van der Waals surface area contributed by atoms with Gasteiger partial charge in [-0.2, -0.15) is 19.6 Å². The molecular formula is C20H20N8O2. The van der Waals surface area contributed by atoms with E-state index in [4.69, 9.17) is 4.98 Å². The average molecular weight is 404 g/mol. The molecule has 30 heavy (non-hydrogen) atoms. The zero-order valence-electron chi connectivity index (χ0n) is 16.4. The van der Waals surface area contributed by atoms with E-state index in [0.29, 0.717) is 41.3 Å². The Kier molecular flexibility index (Phi) is 4.38. The number of hydrogen-bond donors (Lipinski definition) is 2. The number of amides is 2. The van der Waals surface area contributed by atoms with E-state index in [1.165, 1.54) is 0 Å². The van der Waals surface area contributed by atoms with Gasteiger partial charge in [-0.25, -0.2) is 0 Å². The van der Waals surface area contributed by atoms with Crippen molar-refractivity contribution in [2.24, 2.45) is 0 Å². The van der Waals surface area contributed by atoms with Crippen LogP contribution in [0.15, 0.2) is 36.2 Å². The van der Waals surface area contributed by atoms with E-state index < -0.39 is 0 Å². The monoisotopic (exact) mass is 404 g/mol. The summed E-state index contributed by atoms with van der Waals surface area (Å²) in [4.78, 5) is 39.1. The van der Waals surface area contributed by atoms with Crippen LogP contribution in [0.3, 0.4) is 0 Å². The first kappa shape index (κ1) is 18.2. The number of hydrogen-bond acceptors (Lipinski definition) is 8. The highest BCUT2D eigenvalue weighted by Crippen LogP contribution is 2.27. The van der Waals surface area contributed by atoms with Crippen LogP contribution in [0.5, 0.6) is 0 Å². The van der Waals surface area contributed by atoms with Gasteiger partial charge in [0.2, 0.25) is 17.8 Å². The van der Waals surface area contributed by atoms with Gasteiger partial charge in [0.25, 0.3) is 5.91 Å². The Labute approximate surface area is 172 Å². The second-order valence-electron chi connectivity index (χ2n) is 7.50. The molecule has 1 saturated carbocycles. The van der Waals surface area contributed by atoms with Gasteiger partial charge in [-0.05, 0) is 31.1 Å². The maximum Gasteiger partial charge on any atom is 0.254 e. The number of nitrogens with one attached hydrogen (secondary N) is 2.